The van der Waals surface area contributed by atoms with Crippen molar-refractivity contribution in [1.29, 1.82) is 0 Å². The second-order valence-electron chi connectivity index (χ2n) is 6.76. The van der Waals surface area contributed by atoms with E-state index in [1.807, 2.05) is 0 Å². The fourth-order valence-electron chi connectivity index (χ4n) is 3.72. The molecule has 5 rings (SSSR count). The molecule has 0 bridgehead atoms. The standard InChI is InChI=1S/C22H17N5O/c28-22(27-24-13-14-8-10-23-11-9-14)20-12-19(25-26-20)17-7-6-16-5-4-15-2-1-3-18(17)21(15)16/h1-3,6-13H,4-5H2,(H,25,26)(H,27,28)/b24-13-. The maximum absolute atomic E-state index is 12.4. The quantitative estimate of drug-likeness (QED) is 0.428. The molecule has 1 amide bonds. The largest absolute Gasteiger partial charge is 0.289 e. The number of nitrogens with zero attached hydrogens (tertiary/aromatic N) is 3. The zero-order chi connectivity index (χ0) is 18.9. The maximum atomic E-state index is 12.4. The summed E-state index contributed by atoms with van der Waals surface area (Å²) in [5.74, 6) is -0.338. The Hall–Kier alpha value is -3.80. The van der Waals surface area contributed by atoms with Crippen molar-refractivity contribution in [1.82, 2.24) is 20.6 Å². The third kappa shape index (κ3) is 2.85. The summed E-state index contributed by atoms with van der Waals surface area (Å²) < 4.78 is 0. The molecule has 0 aliphatic heterocycles. The second-order valence-corrected chi connectivity index (χ2v) is 6.76. The van der Waals surface area contributed by atoms with Crippen LogP contribution in [0, 0.1) is 0 Å². The summed E-state index contributed by atoms with van der Waals surface area (Å²) in [7, 11) is 0. The summed E-state index contributed by atoms with van der Waals surface area (Å²) >= 11 is 0. The lowest BCUT2D eigenvalue weighted by Crippen LogP contribution is -2.17. The first-order valence-corrected chi connectivity index (χ1v) is 9.12. The van der Waals surface area contributed by atoms with Gasteiger partial charge in [0.1, 0.15) is 5.69 Å². The summed E-state index contributed by atoms with van der Waals surface area (Å²) in [6.45, 7) is 0. The van der Waals surface area contributed by atoms with E-state index in [1.165, 1.54) is 21.9 Å². The number of carbonyl (C=O) groups excluding carboxylic acids is 1. The number of hydrazone groups is 1. The molecule has 2 N–H and O–H groups in total. The van der Waals surface area contributed by atoms with Crippen LogP contribution in [0.4, 0.5) is 0 Å². The summed E-state index contributed by atoms with van der Waals surface area (Å²) in [6, 6.07) is 16.0. The van der Waals surface area contributed by atoms with E-state index < -0.39 is 0 Å². The predicted octanol–water partition coefficient (Wildman–Crippen LogP) is 3.49. The average molecular weight is 367 g/mol. The van der Waals surface area contributed by atoms with E-state index in [2.05, 4.69) is 56.0 Å². The Bertz CT molecular complexity index is 1200. The molecule has 0 saturated carbocycles. The third-order valence-electron chi connectivity index (χ3n) is 5.06. The van der Waals surface area contributed by atoms with Gasteiger partial charge in [0.05, 0.1) is 11.9 Å². The molecule has 2 aromatic heterocycles. The highest BCUT2D eigenvalue weighted by atomic mass is 16.2. The summed E-state index contributed by atoms with van der Waals surface area (Å²) in [5, 5.41) is 13.7. The number of amides is 1. The number of aromatic amines is 1. The number of rotatable bonds is 4. The zero-order valence-electron chi connectivity index (χ0n) is 15.0. The number of pyridine rings is 1. The van der Waals surface area contributed by atoms with Crippen molar-refractivity contribution < 1.29 is 4.79 Å². The van der Waals surface area contributed by atoms with E-state index in [1.54, 1.807) is 36.8 Å². The highest BCUT2D eigenvalue weighted by molar-refractivity contribution is 6.02. The lowest BCUT2D eigenvalue weighted by atomic mass is 9.98. The molecule has 2 aromatic carbocycles. The Labute approximate surface area is 161 Å². The molecule has 1 aliphatic carbocycles. The van der Waals surface area contributed by atoms with Gasteiger partial charge in [-0.1, -0.05) is 30.3 Å². The predicted molar refractivity (Wildman–Crippen MR) is 108 cm³/mol. The fourth-order valence-corrected chi connectivity index (χ4v) is 3.72. The molecule has 136 valence electrons. The van der Waals surface area contributed by atoms with Crippen molar-refractivity contribution in [3.8, 4) is 11.3 Å². The Morgan fingerprint density at radius 2 is 1.89 bits per heavy atom. The number of hydrogen-bond acceptors (Lipinski definition) is 4. The normalized spacial score (nSPS) is 12.7. The molecule has 0 spiro atoms. The number of benzene rings is 2. The Balaban J connectivity index is 1.40. The van der Waals surface area contributed by atoms with E-state index in [-0.39, 0.29) is 5.91 Å². The molecule has 0 unspecified atom stereocenters. The molecular weight excluding hydrogens is 350 g/mol. The Morgan fingerprint density at radius 1 is 1.07 bits per heavy atom. The van der Waals surface area contributed by atoms with Crippen LogP contribution in [0.2, 0.25) is 0 Å². The van der Waals surface area contributed by atoms with Crippen LogP contribution in [0.5, 0.6) is 0 Å². The van der Waals surface area contributed by atoms with Gasteiger partial charge in [-0.05, 0) is 58.5 Å². The van der Waals surface area contributed by atoms with Gasteiger partial charge in [-0.3, -0.25) is 14.9 Å². The van der Waals surface area contributed by atoms with E-state index in [0.29, 0.717) is 5.69 Å². The van der Waals surface area contributed by atoms with Crippen LogP contribution in [0.3, 0.4) is 0 Å². The van der Waals surface area contributed by atoms with Crippen LogP contribution in [0.25, 0.3) is 22.0 Å². The van der Waals surface area contributed by atoms with Gasteiger partial charge in [-0.25, -0.2) is 5.43 Å². The van der Waals surface area contributed by atoms with Crippen LogP contribution in [0.1, 0.15) is 27.2 Å². The number of H-pyrrole nitrogens is 1. The molecule has 0 radical (unpaired) electrons. The fraction of sp³-hybridized carbons (Fsp3) is 0.0909. The number of nitrogens with one attached hydrogen (secondary N) is 2. The van der Waals surface area contributed by atoms with Crippen LogP contribution < -0.4 is 5.43 Å². The molecule has 0 saturated heterocycles. The Kier molecular flexibility index (Phi) is 3.94. The van der Waals surface area contributed by atoms with Crippen molar-refractivity contribution in [2.45, 2.75) is 12.8 Å². The number of carbonyl (C=O) groups is 1. The van der Waals surface area contributed by atoms with Gasteiger partial charge in [-0.2, -0.15) is 10.2 Å². The molecule has 6 nitrogen and oxygen atoms in total. The molecule has 0 atom stereocenters. The molecule has 1 aliphatic rings. The van der Waals surface area contributed by atoms with Crippen LogP contribution in [-0.2, 0) is 12.8 Å². The Morgan fingerprint density at radius 3 is 2.75 bits per heavy atom. The molecule has 6 heteroatoms. The van der Waals surface area contributed by atoms with Crippen molar-refractivity contribution in [3.05, 3.63) is 83.3 Å². The van der Waals surface area contributed by atoms with Gasteiger partial charge in [0, 0.05) is 18.0 Å². The molecule has 0 fully saturated rings. The van der Waals surface area contributed by atoms with Gasteiger partial charge in [0.2, 0.25) is 0 Å². The van der Waals surface area contributed by atoms with Gasteiger partial charge >= 0.3 is 0 Å². The van der Waals surface area contributed by atoms with Gasteiger partial charge in [0.15, 0.2) is 0 Å². The monoisotopic (exact) mass is 367 g/mol. The van der Waals surface area contributed by atoms with Gasteiger partial charge in [-0.15, -0.1) is 0 Å². The molecular formula is C22H17N5O. The summed E-state index contributed by atoms with van der Waals surface area (Å²) in [4.78, 5) is 16.3. The SMILES string of the molecule is O=C(N/N=C\c1ccncc1)c1cc(-c2ccc3c4c(cccc24)CC3)n[nH]1. The van der Waals surface area contributed by atoms with Crippen LogP contribution >= 0.6 is 0 Å². The lowest BCUT2D eigenvalue weighted by molar-refractivity contribution is 0.0950. The highest BCUT2D eigenvalue weighted by Gasteiger charge is 2.18. The minimum absolute atomic E-state index is 0.338. The smallest absolute Gasteiger partial charge is 0.272 e. The lowest BCUT2D eigenvalue weighted by Gasteiger charge is -2.06. The number of hydrogen-bond donors (Lipinski definition) is 2. The van der Waals surface area contributed by atoms with Crippen LogP contribution in [0.15, 0.2) is 66.0 Å². The number of aryl methyl sites for hydroxylation is 2. The second kappa shape index (κ2) is 6.74. The van der Waals surface area contributed by atoms with E-state index in [4.69, 9.17) is 0 Å². The van der Waals surface area contributed by atoms with Crippen molar-refractivity contribution in [2.75, 3.05) is 0 Å². The van der Waals surface area contributed by atoms with Gasteiger partial charge in [0.25, 0.3) is 5.91 Å². The van der Waals surface area contributed by atoms with E-state index in [0.717, 1.165) is 29.7 Å². The molecule has 4 aromatic rings. The maximum Gasteiger partial charge on any atom is 0.289 e. The van der Waals surface area contributed by atoms with Crippen molar-refractivity contribution >= 4 is 22.9 Å². The highest BCUT2D eigenvalue weighted by Crippen LogP contribution is 2.36. The molecule has 28 heavy (non-hydrogen) atoms. The number of aromatic nitrogens is 3. The first-order valence-electron chi connectivity index (χ1n) is 9.12. The first kappa shape index (κ1) is 16.4. The summed E-state index contributed by atoms with van der Waals surface area (Å²) in [6.07, 6.45) is 7.07. The van der Waals surface area contributed by atoms with Crippen LogP contribution in [-0.4, -0.2) is 27.3 Å². The minimum Gasteiger partial charge on any atom is -0.272 e. The van der Waals surface area contributed by atoms with Crippen molar-refractivity contribution in [3.63, 3.8) is 0 Å². The zero-order valence-corrected chi connectivity index (χ0v) is 15.0. The first-order chi connectivity index (χ1) is 13.8. The van der Waals surface area contributed by atoms with Crippen molar-refractivity contribution in [2.24, 2.45) is 5.10 Å². The minimum atomic E-state index is -0.338. The summed E-state index contributed by atoms with van der Waals surface area (Å²) in [5.41, 5.74) is 8.28. The molecule has 2 heterocycles. The third-order valence-corrected chi connectivity index (χ3v) is 5.06. The van der Waals surface area contributed by atoms with E-state index >= 15 is 0 Å². The average Bonchev–Trinajstić information content (AvgIpc) is 3.38. The van der Waals surface area contributed by atoms with Gasteiger partial charge < -0.3 is 0 Å². The van der Waals surface area contributed by atoms with E-state index in [9.17, 15) is 4.79 Å². The topological polar surface area (TPSA) is 83.0 Å².